The van der Waals surface area contributed by atoms with Gasteiger partial charge in [-0.25, -0.2) is 0 Å². The molecule has 0 amide bonds. The normalized spacial score (nSPS) is 14.2. The van der Waals surface area contributed by atoms with Crippen LogP contribution >= 0.6 is 0 Å². The minimum Gasteiger partial charge on any atom is -0.383 e. The standard InChI is InChI=1S/C8H20N4O/c1-4-7(2)12(5-6-13-3)8(9)11-10/h7H,4-6,10H2,1-3H3,(H2,9,11). The Balaban J connectivity index is 4.18. The highest BCUT2D eigenvalue weighted by molar-refractivity contribution is 5.78. The van der Waals surface area contributed by atoms with Crippen LogP contribution in [0.5, 0.6) is 0 Å². The third kappa shape index (κ3) is 3.98. The fraction of sp³-hybridized carbons (Fsp3) is 0.875. The third-order valence-electron chi connectivity index (χ3n) is 2.09. The van der Waals surface area contributed by atoms with Gasteiger partial charge in [0.25, 0.3) is 0 Å². The number of hydrazone groups is 1. The zero-order valence-corrected chi connectivity index (χ0v) is 8.66. The van der Waals surface area contributed by atoms with E-state index in [2.05, 4.69) is 18.9 Å². The molecule has 0 spiro atoms. The molecular formula is C8H20N4O. The Morgan fingerprint density at radius 3 is 2.62 bits per heavy atom. The second kappa shape index (κ2) is 6.54. The number of methoxy groups -OCH3 is 1. The Morgan fingerprint density at radius 1 is 1.62 bits per heavy atom. The summed E-state index contributed by atoms with van der Waals surface area (Å²) in [5.41, 5.74) is 5.63. The minimum absolute atomic E-state index is 0.336. The minimum atomic E-state index is 0.336. The van der Waals surface area contributed by atoms with Crippen molar-refractivity contribution in [2.24, 2.45) is 16.7 Å². The molecule has 0 rings (SSSR count). The van der Waals surface area contributed by atoms with Gasteiger partial charge in [-0.2, -0.15) is 0 Å². The van der Waals surface area contributed by atoms with E-state index in [9.17, 15) is 0 Å². The quantitative estimate of drug-likeness (QED) is 0.274. The van der Waals surface area contributed by atoms with Crippen molar-refractivity contribution in [2.75, 3.05) is 20.3 Å². The molecule has 4 N–H and O–H groups in total. The van der Waals surface area contributed by atoms with Crippen LogP contribution in [0.3, 0.4) is 0 Å². The van der Waals surface area contributed by atoms with Gasteiger partial charge in [-0.1, -0.05) is 6.92 Å². The molecule has 78 valence electrons. The van der Waals surface area contributed by atoms with Crippen molar-refractivity contribution in [3.05, 3.63) is 0 Å². The summed E-state index contributed by atoms with van der Waals surface area (Å²) >= 11 is 0. The van der Waals surface area contributed by atoms with Gasteiger partial charge in [-0.15, -0.1) is 5.10 Å². The summed E-state index contributed by atoms with van der Waals surface area (Å²) in [6.07, 6.45) is 1.000. The van der Waals surface area contributed by atoms with E-state index >= 15 is 0 Å². The molecule has 13 heavy (non-hydrogen) atoms. The second-order valence-corrected chi connectivity index (χ2v) is 2.93. The van der Waals surface area contributed by atoms with Gasteiger partial charge in [0, 0.05) is 19.7 Å². The molecule has 0 saturated heterocycles. The van der Waals surface area contributed by atoms with Crippen LogP contribution in [0.15, 0.2) is 5.10 Å². The molecule has 0 aromatic rings. The zero-order valence-electron chi connectivity index (χ0n) is 8.66. The van der Waals surface area contributed by atoms with Crippen LogP contribution in [0, 0.1) is 0 Å². The first-order chi connectivity index (χ1) is 6.17. The van der Waals surface area contributed by atoms with Crippen molar-refractivity contribution in [1.82, 2.24) is 4.90 Å². The highest BCUT2D eigenvalue weighted by Crippen LogP contribution is 2.02. The molecule has 0 aromatic carbocycles. The SMILES string of the molecule is CCC(C)N(CCOC)C(N)=NN. The Morgan fingerprint density at radius 2 is 2.23 bits per heavy atom. The highest BCUT2D eigenvalue weighted by atomic mass is 16.5. The summed E-state index contributed by atoms with van der Waals surface area (Å²) in [5, 5.41) is 3.48. The molecule has 0 aromatic heterocycles. The molecule has 0 aliphatic heterocycles. The first kappa shape index (κ1) is 12.0. The predicted octanol–water partition coefficient (Wildman–Crippen LogP) is -0.0783. The lowest BCUT2D eigenvalue weighted by Gasteiger charge is -2.28. The predicted molar refractivity (Wildman–Crippen MR) is 54.1 cm³/mol. The van der Waals surface area contributed by atoms with Gasteiger partial charge in [0.2, 0.25) is 5.96 Å². The fourth-order valence-corrected chi connectivity index (χ4v) is 1.04. The Labute approximate surface area is 79.7 Å². The summed E-state index contributed by atoms with van der Waals surface area (Å²) in [5.74, 6) is 5.48. The number of nitrogens with two attached hydrogens (primary N) is 2. The Bertz CT molecular complexity index is 160. The lowest BCUT2D eigenvalue weighted by atomic mass is 10.2. The van der Waals surface area contributed by atoms with E-state index in [0.717, 1.165) is 13.0 Å². The van der Waals surface area contributed by atoms with Gasteiger partial charge in [0.1, 0.15) is 0 Å². The van der Waals surface area contributed by atoms with Crippen molar-refractivity contribution in [3.8, 4) is 0 Å². The number of nitrogens with zero attached hydrogens (tertiary/aromatic N) is 2. The number of ether oxygens (including phenoxy) is 1. The van der Waals surface area contributed by atoms with Crippen molar-refractivity contribution < 1.29 is 4.74 Å². The summed E-state index contributed by atoms with van der Waals surface area (Å²) in [4.78, 5) is 1.93. The van der Waals surface area contributed by atoms with Crippen LogP contribution in [0.1, 0.15) is 20.3 Å². The van der Waals surface area contributed by atoms with Crippen LogP contribution in [0.2, 0.25) is 0 Å². The van der Waals surface area contributed by atoms with Crippen LogP contribution in [0.4, 0.5) is 0 Å². The highest BCUT2D eigenvalue weighted by Gasteiger charge is 2.13. The molecule has 0 aliphatic rings. The van der Waals surface area contributed by atoms with Crippen LogP contribution in [0.25, 0.3) is 0 Å². The monoisotopic (exact) mass is 188 g/mol. The average molecular weight is 188 g/mol. The van der Waals surface area contributed by atoms with Gasteiger partial charge >= 0.3 is 0 Å². The molecule has 5 heteroatoms. The molecule has 5 nitrogen and oxygen atoms in total. The van der Waals surface area contributed by atoms with E-state index in [1.54, 1.807) is 7.11 Å². The summed E-state index contributed by atoms with van der Waals surface area (Å²) in [6, 6.07) is 0.336. The molecule has 0 radical (unpaired) electrons. The molecule has 1 atom stereocenters. The molecule has 0 heterocycles. The smallest absolute Gasteiger partial charge is 0.213 e. The molecule has 0 bridgehead atoms. The molecule has 0 fully saturated rings. The Kier molecular flexibility index (Phi) is 6.05. The third-order valence-corrected chi connectivity index (χ3v) is 2.09. The Hall–Kier alpha value is -0.970. The second-order valence-electron chi connectivity index (χ2n) is 2.93. The molecular weight excluding hydrogens is 168 g/mol. The first-order valence-corrected chi connectivity index (χ1v) is 4.46. The van der Waals surface area contributed by atoms with E-state index in [0.29, 0.717) is 18.6 Å². The van der Waals surface area contributed by atoms with E-state index in [4.69, 9.17) is 16.3 Å². The number of guanidine groups is 1. The van der Waals surface area contributed by atoms with Crippen molar-refractivity contribution in [3.63, 3.8) is 0 Å². The number of rotatable bonds is 5. The van der Waals surface area contributed by atoms with Gasteiger partial charge < -0.3 is 21.2 Å². The van der Waals surface area contributed by atoms with Gasteiger partial charge in [0.15, 0.2) is 0 Å². The summed E-state index contributed by atoms with van der Waals surface area (Å²) < 4.78 is 4.97. The topological polar surface area (TPSA) is 76.9 Å². The van der Waals surface area contributed by atoms with Crippen molar-refractivity contribution in [1.29, 1.82) is 0 Å². The lowest BCUT2D eigenvalue weighted by molar-refractivity contribution is 0.162. The number of hydrogen-bond donors (Lipinski definition) is 2. The largest absolute Gasteiger partial charge is 0.383 e. The average Bonchev–Trinajstić information content (AvgIpc) is 2.17. The van der Waals surface area contributed by atoms with Crippen LogP contribution < -0.4 is 11.6 Å². The fourth-order valence-electron chi connectivity index (χ4n) is 1.04. The summed E-state index contributed by atoms with van der Waals surface area (Å²) in [6.45, 7) is 5.51. The van der Waals surface area contributed by atoms with Gasteiger partial charge in [0.05, 0.1) is 6.61 Å². The molecule has 1 unspecified atom stereocenters. The van der Waals surface area contributed by atoms with E-state index in [1.165, 1.54) is 0 Å². The van der Waals surface area contributed by atoms with E-state index in [-0.39, 0.29) is 0 Å². The summed E-state index contributed by atoms with van der Waals surface area (Å²) in [7, 11) is 1.66. The van der Waals surface area contributed by atoms with Gasteiger partial charge in [-0.3, -0.25) is 0 Å². The molecule has 0 saturated carbocycles. The maximum atomic E-state index is 5.63. The van der Waals surface area contributed by atoms with E-state index in [1.807, 2.05) is 4.90 Å². The maximum Gasteiger partial charge on any atom is 0.213 e. The molecule has 0 aliphatic carbocycles. The zero-order chi connectivity index (χ0) is 10.3. The lowest BCUT2D eigenvalue weighted by Crippen LogP contribution is -2.45. The number of hydrogen-bond acceptors (Lipinski definition) is 3. The van der Waals surface area contributed by atoms with Crippen LogP contribution in [-0.4, -0.2) is 37.2 Å². The van der Waals surface area contributed by atoms with Crippen molar-refractivity contribution >= 4 is 5.96 Å². The van der Waals surface area contributed by atoms with Gasteiger partial charge in [-0.05, 0) is 13.3 Å². The van der Waals surface area contributed by atoms with Crippen LogP contribution in [-0.2, 0) is 4.74 Å². The maximum absolute atomic E-state index is 5.63. The van der Waals surface area contributed by atoms with E-state index < -0.39 is 0 Å². The van der Waals surface area contributed by atoms with Crippen molar-refractivity contribution in [2.45, 2.75) is 26.3 Å². The first-order valence-electron chi connectivity index (χ1n) is 4.46.